The Bertz CT molecular complexity index is 1260. The monoisotopic (exact) mass is 515 g/mol. The summed E-state index contributed by atoms with van der Waals surface area (Å²) in [5.74, 6) is -1.52. The molecule has 37 heavy (non-hydrogen) atoms. The van der Waals surface area contributed by atoms with Gasteiger partial charge < -0.3 is 10.2 Å². The van der Waals surface area contributed by atoms with E-state index in [2.05, 4.69) is 10.2 Å². The Balaban J connectivity index is 1.39. The fraction of sp³-hybridized carbons (Fsp3) is 0.321. The number of benzene rings is 3. The molecule has 0 radical (unpaired) electrons. The molecule has 0 bridgehead atoms. The molecule has 1 amide bonds. The number of carbonyl (C=O) groups is 1. The lowest BCUT2D eigenvalue weighted by atomic mass is 9.82. The van der Waals surface area contributed by atoms with Crippen LogP contribution in [0.5, 0.6) is 0 Å². The van der Waals surface area contributed by atoms with Gasteiger partial charge in [0, 0.05) is 38.4 Å². The Kier molecular flexibility index (Phi) is 6.90. The molecule has 3 aromatic rings. The van der Waals surface area contributed by atoms with Crippen molar-refractivity contribution in [2.24, 2.45) is 5.92 Å². The van der Waals surface area contributed by atoms with Crippen LogP contribution < -0.4 is 10.2 Å². The number of rotatable bonds is 5. The number of nitrogens with one attached hydrogen (secondary N) is 1. The molecule has 2 aliphatic rings. The molecule has 2 atom stereocenters. The Labute approximate surface area is 211 Å². The maximum absolute atomic E-state index is 13.4. The Morgan fingerprint density at radius 2 is 1.54 bits per heavy atom. The van der Waals surface area contributed by atoms with Crippen LogP contribution in [0.2, 0.25) is 0 Å². The van der Waals surface area contributed by atoms with Gasteiger partial charge in [0.25, 0.3) is 0 Å². The van der Waals surface area contributed by atoms with Gasteiger partial charge >= 0.3 is 6.18 Å². The van der Waals surface area contributed by atoms with E-state index in [4.69, 9.17) is 0 Å². The van der Waals surface area contributed by atoms with Crippen molar-refractivity contribution in [1.82, 2.24) is 10.2 Å². The first kappa shape index (κ1) is 25.2. The van der Waals surface area contributed by atoms with Crippen molar-refractivity contribution < 1.29 is 26.7 Å². The molecular formula is C28H26F5N3O. The van der Waals surface area contributed by atoms with Crippen LogP contribution in [0.25, 0.3) is 0 Å². The lowest BCUT2D eigenvalue weighted by Gasteiger charge is -2.49. The molecule has 0 aliphatic carbocycles. The summed E-state index contributed by atoms with van der Waals surface area (Å²) in [5, 5.41) is 2.90. The Hall–Kier alpha value is -3.46. The van der Waals surface area contributed by atoms with E-state index in [1.165, 1.54) is 30.3 Å². The molecule has 9 heteroatoms. The number of carbonyl (C=O) groups excluding carboxylic acids is 1. The molecule has 0 saturated carbocycles. The molecule has 3 aromatic carbocycles. The lowest BCUT2D eigenvalue weighted by molar-refractivity contribution is -0.137. The van der Waals surface area contributed by atoms with Crippen LogP contribution in [-0.2, 0) is 30.5 Å². The summed E-state index contributed by atoms with van der Waals surface area (Å²) in [5.41, 5.74) is 2.16. The van der Waals surface area contributed by atoms with E-state index in [9.17, 15) is 26.7 Å². The van der Waals surface area contributed by atoms with Crippen LogP contribution in [0.15, 0.2) is 66.7 Å². The molecule has 1 saturated heterocycles. The summed E-state index contributed by atoms with van der Waals surface area (Å²) >= 11 is 0. The normalized spacial score (nSPS) is 19.8. The SMILES string of the molecule is O=C(NCc1ccc(F)cc1)[C@@H]1Cc2cc(C(F)(F)F)ccc2N2CCN(Cc3ccc(F)cc3)C[C@@H]12. The maximum Gasteiger partial charge on any atom is 0.416 e. The minimum absolute atomic E-state index is 0.181. The van der Waals surface area contributed by atoms with Gasteiger partial charge in [-0.1, -0.05) is 24.3 Å². The molecule has 5 rings (SSSR count). The fourth-order valence-electron chi connectivity index (χ4n) is 5.27. The third kappa shape index (κ3) is 5.61. The van der Waals surface area contributed by atoms with Crippen LogP contribution >= 0.6 is 0 Å². The number of anilines is 1. The summed E-state index contributed by atoms with van der Waals surface area (Å²) in [6.07, 6.45) is -4.29. The third-order valence-corrected chi connectivity index (χ3v) is 7.16. The molecular weight excluding hydrogens is 489 g/mol. The Morgan fingerprint density at radius 1 is 0.892 bits per heavy atom. The number of piperazine rings is 1. The van der Waals surface area contributed by atoms with Crippen molar-refractivity contribution in [3.05, 3.63) is 101 Å². The summed E-state index contributed by atoms with van der Waals surface area (Å²) < 4.78 is 66.8. The van der Waals surface area contributed by atoms with Crippen LogP contribution in [0.3, 0.4) is 0 Å². The van der Waals surface area contributed by atoms with Crippen LogP contribution in [-0.4, -0.2) is 36.5 Å². The average Bonchev–Trinajstić information content (AvgIpc) is 2.88. The molecule has 2 aliphatic heterocycles. The van der Waals surface area contributed by atoms with Gasteiger partial charge in [-0.05, 0) is 65.6 Å². The van der Waals surface area contributed by atoms with Gasteiger partial charge in [0.15, 0.2) is 0 Å². The molecule has 194 valence electrons. The lowest BCUT2D eigenvalue weighted by Crippen LogP contribution is -2.60. The third-order valence-electron chi connectivity index (χ3n) is 7.16. The summed E-state index contributed by atoms with van der Waals surface area (Å²) in [4.78, 5) is 17.6. The summed E-state index contributed by atoms with van der Waals surface area (Å²) in [7, 11) is 0. The van der Waals surface area contributed by atoms with Crippen LogP contribution in [0, 0.1) is 17.6 Å². The molecule has 4 nitrogen and oxygen atoms in total. The van der Waals surface area contributed by atoms with Crippen molar-refractivity contribution >= 4 is 11.6 Å². The number of hydrogen-bond acceptors (Lipinski definition) is 3. The smallest absolute Gasteiger partial charge is 0.365 e. The zero-order chi connectivity index (χ0) is 26.2. The molecule has 0 spiro atoms. The second-order valence-corrected chi connectivity index (χ2v) is 9.62. The van der Waals surface area contributed by atoms with Gasteiger partial charge in [0.05, 0.1) is 17.5 Å². The van der Waals surface area contributed by atoms with Crippen molar-refractivity contribution in [2.75, 3.05) is 24.5 Å². The van der Waals surface area contributed by atoms with Gasteiger partial charge in [-0.2, -0.15) is 13.2 Å². The molecule has 1 N–H and O–H groups in total. The zero-order valence-corrected chi connectivity index (χ0v) is 19.9. The number of hydrogen-bond donors (Lipinski definition) is 1. The van der Waals surface area contributed by atoms with E-state index >= 15 is 0 Å². The van der Waals surface area contributed by atoms with Crippen LogP contribution in [0.1, 0.15) is 22.3 Å². The predicted molar refractivity (Wildman–Crippen MR) is 130 cm³/mol. The maximum atomic E-state index is 13.4. The first-order valence-corrected chi connectivity index (χ1v) is 12.1. The standard InChI is InChI=1S/C28H26F5N3O/c29-22-6-1-18(2-7-22)15-34-27(37)24-14-20-13-21(28(31,32)33)5-10-25(20)36-12-11-35(17-26(24)36)16-19-3-8-23(30)9-4-19/h1-10,13,24,26H,11-12,14-17H2,(H,34,37)/t24-,26+/m1/s1. The van der Waals surface area contributed by atoms with E-state index in [-0.39, 0.29) is 36.5 Å². The minimum Gasteiger partial charge on any atom is -0.365 e. The van der Waals surface area contributed by atoms with E-state index in [0.29, 0.717) is 31.7 Å². The van der Waals surface area contributed by atoms with Crippen molar-refractivity contribution in [2.45, 2.75) is 31.7 Å². The highest BCUT2D eigenvalue weighted by atomic mass is 19.4. The van der Waals surface area contributed by atoms with Crippen molar-refractivity contribution in [1.29, 1.82) is 0 Å². The Morgan fingerprint density at radius 3 is 2.19 bits per heavy atom. The van der Waals surface area contributed by atoms with E-state index in [1.807, 2.05) is 4.90 Å². The van der Waals surface area contributed by atoms with Crippen molar-refractivity contribution in [3.8, 4) is 0 Å². The molecule has 1 fully saturated rings. The van der Waals surface area contributed by atoms with Crippen LogP contribution in [0.4, 0.5) is 27.6 Å². The van der Waals surface area contributed by atoms with Gasteiger partial charge in [0.2, 0.25) is 5.91 Å². The largest absolute Gasteiger partial charge is 0.416 e. The van der Waals surface area contributed by atoms with Gasteiger partial charge in [0.1, 0.15) is 11.6 Å². The fourth-order valence-corrected chi connectivity index (χ4v) is 5.27. The number of amides is 1. The number of nitrogens with zero attached hydrogens (tertiary/aromatic N) is 2. The summed E-state index contributed by atoms with van der Waals surface area (Å²) in [6.45, 7) is 2.50. The minimum atomic E-state index is -4.47. The quantitative estimate of drug-likeness (QED) is 0.477. The summed E-state index contributed by atoms with van der Waals surface area (Å²) in [6, 6.07) is 15.6. The van der Waals surface area contributed by atoms with E-state index < -0.39 is 17.7 Å². The van der Waals surface area contributed by atoms with E-state index in [0.717, 1.165) is 28.9 Å². The predicted octanol–water partition coefficient (Wildman–Crippen LogP) is 5.16. The highest BCUT2D eigenvalue weighted by Gasteiger charge is 2.42. The van der Waals surface area contributed by atoms with Crippen molar-refractivity contribution in [3.63, 3.8) is 0 Å². The molecule has 0 aromatic heterocycles. The average molecular weight is 516 g/mol. The second-order valence-electron chi connectivity index (χ2n) is 9.62. The topological polar surface area (TPSA) is 35.6 Å². The van der Waals surface area contributed by atoms with Gasteiger partial charge in [-0.3, -0.25) is 9.69 Å². The first-order valence-electron chi connectivity index (χ1n) is 12.1. The number of alkyl halides is 3. The zero-order valence-electron chi connectivity index (χ0n) is 19.9. The molecule has 2 heterocycles. The molecule has 0 unspecified atom stereocenters. The number of fused-ring (bicyclic) bond motifs is 3. The highest BCUT2D eigenvalue weighted by molar-refractivity contribution is 5.82. The second kappa shape index (κ2) is 10.1. The van der Waals surface area contributed by atoms with E-state index in [1.54, 1.807) is 24.3 Å². The van der Waals surface area contributed by atoms with Gasteiger partial charge in [-0.15, -0.1) is 0 Å². The number of halogens is 5. The first-order chi connectivity index (χ1) is 17.7. The van der Waals surface area contributed by atoms with Gasteiger partial charge in [-0.25, -0.2) is 8.78 Å². The highest BCUT2D eigenvalue weighted by Crippen LogP contribution is 2.40.